The van der Waals surface area contributed by atoms with Crippen molar-refractivity contribution in [3.63, 3.8) is 0 Å². The molecule has 1 N–H and O–H groups in total. The summed E-state index contributed by atoms with van der Waals surface area (Å²) in [5, 5.41) is 9.46. The largest absolute Gasteiger partial charge is 0.478 e. The molecular weight excluding hydrogens is 452 g/mol. The highest BCUT2D eigenvalue weighted by Crippen LogP contribution is 2.35. The van der Waals surface area contributed by atoms with E-state index in [1.54, 1.807) is 24.3 Å². The van der Waals surface area contributed by atoms with E-state index in [4.69, 9.17) is 8.83 Å². The molecule has 0 saturated heterocycles. The molecule has 0 radical (unpaired) electrons. The van der Waals surface area contributed by atoms with Gasteiger partial charge in [-0.15, -0.1) is 0 Å². The second-order valence-corrected chi connectivity index (χ2v) is 8.05. The molecule has 0 fully saturated rings. The number of carboxylic acid groups (broad SMARTS) is 1. The zero-order valence-corrected chi connectivity index (χ0v) is 18.5. The first-order valence-electron chi connectivity index (χ1n) is 10.5. The molecule has 8 heteroatoms. The van der Waals surface area contributed by atoms with Crippen LogP contribution in [0.15, 0.2) is 73.2 Å². The number of carbonyl (C=O) groups excluding carboxylic acids is 2. The second kappa shape index (κ2) is 7.88. The molecular formula is C27H16O8. The molecule has 0 amide bonds. The Morgan fingerprint density at radius 2 is 1.51 bits per heavy atom. The van der Waals surface area contributed by atoms with Crippen molar-refractivity contribution in [3.8, 4) is 11.1 Å². The van der Waals surface area contributed by atoms with Gasteiger partial charge in [-0.1, -0.05) is 18.2 Å². The third kappa shape index (κ3) is 3.26. The van der Waals surface area contributed by atoms with Crippen molar-refractivity contribution >= 4 is 50.4 Å². The number of fused-ring (bicyclic) bond motifs is 3. The summed E-state index contributed by atoms with van der Waals surface area (Å²) in [6, 6.07) is 11.9. The van der Waals surface area contributed by atoms with Gasteiger partial charge in [0.25, 0.3) is 0 Å². The number of Topliss-reactive ketones (excluding diaryl/α,β-unsaturated/α-hetero) is 2. The van der Waals surface area contributed by atoms with Crippen LogP contribution in [0.2, 0.25) is 0 Å². The van der Waals surface area contributed by atoms with Crippen LogP contribution < -0.4 is 10.9 Å². The highest BCUT2D eigenvalue weighted by atomic mass is 16.4. The molecule has 0 atom stereocenters. The van der Waals surface area contributed by atoms with E-state index in [-0.39, 0.29) is 55.1 Å². The SMILES string of the molecule is CC(=O)c1cc2c(=O)c3c(C(=O)O)cccc3oc2c(C(C)=O)c1-c1coc2ccccc2c1=O. The number of ketones is 2. The van der Waals surface area contributed by atoms with E-state index in [0.717, 1.165) is 0 Å². The van der Waals surface area contributed by atoms with Crippen LogP contribution in [-0.2, 0) is 0 Å². The van der Waals surface area contributed by atoms with Gasteiger partial charge in [-0.2, -0.15) is 0 Å². The van der Waals surface area contributed by atoms with Gasteiger partial charge in [-0.3, -0.25) is 19.2 Å². The van der Waals surface area contributed by atoms with E-state index >= 15 is 0 Å². The van der Waals surface area contributed by atoms with Crippen LogP contribution in [-0.4, -0.2) is 22.6 Å². The van der Waals surface area contributed by atoms with Crippen LogP contribution in [0.5, 0.6) is 0 Å². The third-order valence-electron chi connectivity index (χ3n) is 5.90. The van der Waals surface area contributed by atoms with E-state index in [9.17, 15) is 29.1 Å². The first-order chi connectivity index (χ1) is 16.7. The van der Waals surface area contributed by atoms with Crippen molar-refractivity contribution in [1.82, 2.24) is 0 Å². The molecule has 0 aliphatic heterocycles. The first-order valence-corrected chi connectivity index (χ1v) is 10.5. The standard InChI is InChI=1S/C27H16O8/c1-12(28)16-10-17-25(31)23-15(27(32)33)7-5-9-20(23)35-26(17)21(13(2)29)22(16)18-11-34-19-8-4-3-6-14(19)24(18)30/h3-11H,1-2H3,(H,32,33). The molecule has 5 aromatic rings. The molecule has 0 unspecified atom stereocenters. The fourth-order valence-electron chi connectivity index (χ4n) is 4.36. The summed E-state index contributed by atoms with van der Waals surface area (Å²) < 4.78 is 11.5. The number of para-hydroxylation sites is 1. The number of benzene rings is 3. The lowest BCUT2D eigenvalue weighted by Crippen LogP contribution is -2.15. The number of carbonyl (C=O) groups is 3. The smallest absolute Gasteiger partial charge is 0.336 e. The molecule has 3 aromatic carbocycles. The summed E-state index contributed by atoms with van der Waals surface area (Å²) in [4.78, 5) is 64.1. The normalized spacial score (nSPS) is 11.3. The Morgan fingerprint density at radius 3 is 2.20 bits per heavy atom. The summed E-state index contributed by atoms with van der Waals surface area (Å²) in [5.74, 6) is -2.40. The summed E-state index contributed by atoms with van der Waals surface area (Å²) in [7, 11) is 0. The van der Waals surface area contributed by atoms with Gasteiger partial charge >= 0.3 is 5.97 Å². The molecule has 0 bridgehead atoms. The van der Waals surface area contributed by atoms with Crippen molar-refractivity contribution in [1.29, 1.82) is 0 Å². The zero-order valence-electron chi connectivity index (χ0n) is 18.5. The number of carboxylic acids is 1. The molecule has 2 aromatic heterocycles. The molecule has 0 aliphatic rings. The topological polar surface area (TPSA) is 132 Å². The third-order valence-corrected chi connectivity index (χ3v) is 5.90. The quantitative estimate of drug-likeness (QED) is 0.293. The average molecular weight is 468 g/mol. The van der Waals surface area contributed by atoms with Crippen LogP contribution in [0.1, 0.15) is 44.9 Å². The molecule has 0 spiro atoms. The van der Waals surface area contributed by atoms with Crippen molar-refractivity contribution in [2.24, 2.45) is 0 Å². The van der Waals surface area contributed by atoms with Gasteiger partial charge in [-0.25, -0.2) is 4.79 Å². The van der Waals surface area contributed by atoms with Gasteiger partial charge in [0.15, 0.2) is 11.6 Å². The van der Waals surface area contributed by atoms with Crippen molar-refractivity contribution in [2.75, 3.05) is 0 Å². The van der Waals surface area contributed by atoms with Crippen molar-refractivity contribution in [2.45, 2.75) is 13.8 Å². The van der Waals surface area contributed by atoms with E-state index < -0.39 is 28.4 Å². The predicted octanol–water partition coefficient (Wildman–Crippen LogP) is 4.82. The number of hydrogen-bond acceptors (Lipinski definition) is 7. The Hall–Kier alpha value is -4.85. The second-order valence-electron chi connectivity index (χ2n) is 8.05. The monoisotopic (exact) mass is 468 g/mol. The molecule has 172 valence electrons. The molecule has 35 heavy (non-hydrogen) atoms. The van der Waals surface area contributed by atoms with Crippen LogP contribution in [0.4, 0.5) is 0 Å². The molecule has 0 aliphatic carbocycles. The lowest BCUT2D eigenvalue weighted by Gasteiger charge is -2.15. The molecule has 2 heterocycles. The van der Waals surface area contributed by atoms with Gasteiger partial charge in [0, 0.05) is 11.1 Å². The Morgan fingerprint density at radius 1 is 0.800 bits per heavy atom. The maximum atomic E-state index is 13.4. The predicted molar refractivity (Wildman–Crippen MR) is 128 cm³/mol. The van der Waals surface area contributed by atoms with Crippen LogP contribution >= 0.6 is 0 Å². The van der Waals surface area contributed by atoms with E-state index in [1.807, 2.05) is 0 Å². The summed E-state index contributed by atoms with van der Waals surface area (Å²) in [6.45, 7) is 2.46. The number of aromatic carboxylic acids is 1. The van der Waals surface area contributed by atoms with Crippen LogP contribution in [0.3, 0.4) is 0 Å². The minimum atomic E-state index is -1.33. The Labute approximate surface area is 196 Å². The maximum Gasteiger partial charge on any atom is 0.336 e. The lowest BCUT2D eigenvalue weighted by atomic mass is 9.88. The maximum absolute atomic E-state index is 13.4. The summed E-state index contributed by atoms with van der Waals surface area (Å²) in [5.41, 5.74) is -1.56. The van der Waals surface area contributed by atoms with E-state index in [2.05, 4.69) is 0 Å². The van der Waals surface area contributed by atoms with Gasteiger partial charge < -0.3 is 13.9 Å². The van der Waals surface area contributed by atoms with Gasteiger partial charge in [0.2, 0.25) is 10.9 Å². The van der Waals surface area contributed by atoms with Gasteiger partial charge in [-0.05, 0) is 44.2 Å². The van der Waals surface area contributed by atoms with Crippen LogP contribution in [0, 0.1) is 0 Å². The first kappa shape index (κ1) is 22.0. The molecule has 0 saturated carbocycles. The Balaban J connectivity index is 2.03. The highest BCUT2D eigenvalue weighted by Gasteiger charge is 2.27. The minimum Gasteiger partial charge on any atom is -0.478 e. The lowest BCUT2D eigenvalue weighted by molar-refractivity contribution is 0.0698. The Bertz CT molecular complexity index is 1870. The van der Waals surface area contributed by atoms with Crippen molar-refractivity contribution < 1.29 is 28.3 Å². The minimum absolute atomic E-state index is 0.00566. The highest BCUT2D eigenvalue weighted by molar-refractivity contribution is 6.18. The van der Waals surface area contributed by atoms with E-state index in [0.29, 0.717) is 5.58 Å². The fraction of sp³-hybridized carbons (Fsp3) is 0.0741. The molecule has 5 rings (SSSR count). The van der Waals surface area contributed by atoms with Crippen LogP contribution in [0.25, 0.3) is 44.0 Å². The summed E-state index contributed by atoms with van der Waals surface area (Å²) >= 11 is 0. The van der Waals surface area contributed by atoms with Gasteiger partial charge in [0.1, 0.15) is 23.0 Å². The number of hydrogen-bond donors (Lipinski definition) is 1. The van der Waals surface area contributed by atoms with E-state index in [1.165, 1.54) is 44.4 Å². The summed E-state index contributed by atoms with van der Waals surface area (Å²) in [6.07, 6.45) is 1.17. The van der Waals surface area contributed by atoms with Crippen molar-refractivity contribution in [3.05, 3.63) is 91.9 Å². The van der Waals surface area contributed by atoms with Gasteiger partial charge in [0.05, 0.1) is 32.8 Å². The molecule has 8 nitrogen and oxygen atoms in total. The average Bonchev–Trinajstić information content (AvgIpc) is 2.83. The zero-order chi connectivity index (χ0) is 25.0. The Kier molecular flexibility index (Phi) is 4.94. The number of rotatable bonds is 4. The fourth-order valence-corrected chi connectivity index (χ4v) is 4.36.